The van der Waals surface area contributed by atoms with E-state index < -0.39 is 0 Å². The molecule has 0 aliphatic carbocycles. The third-order valence-electron chi connectivity index (χ3n) is 1.45. The molecule has 0 spiro atoms. The van der Waals surface area contributed by atoms with Crippen molar-refractivity contribution in [3.63, 3.8) is 0 Å². The normalized spacial score (nSPS) is 21.1. The zero-order chi connectivity index (χ0) is 6.97. The number of nitrogens with one attached hydrogen (secondary N) is 1. The fourth-order valence-electron chi connectivity index (χ4n) is 1.03. The molecule has 1 atom stereocenters. The van der Waals surface area contributed by atoms with Gasteiger partial charge in [-0.05, 0) is 13.0 Å². The topological polar surface area (TPSA) is 34.2 Å². The van der Waals surface area contributed by atoms with Gasteiger partial charge in [0.05, 0.1) is 11.9 Å². The van der Waals surface area contributed by atoms with Gasteiger partial charge in [-0.3, -0.25) is 4.98 Å². The maximum atomic E-state index is 5.33. The van der Waals surface area contributed by atoms with Crippen LogP contribution in [-0.2, 0) is 0 Å². The molecule has 0 unspecified atom stereocenters. The monoisotopic (exact) mass is 136 g/mol. The summed E-state index contributed by atoms with van der Waals surface area (Å²) in [5, 5.41) is 3.14. The second kappa shape index (κ2) is 1.87. The Labute approximate surface area is 59.0 Å². The van der Waals surface area contributed by atoms with Crippen molar-refractivity contribution < 1.29 is 4.74 Å². The Bertz CT molecular complexity index is 224. The van der Waals surface area contributed by atoms with E-state index in [9.17, 15) is 0 Å². The first kappa shape index (κ1) is 5.53. The average Bonchev–Trinajstić information content (AvgIpc) is 2.27. The number of anilines is 1. The fraction of sp³-hybridized carbons (Fsp3) is 0.286. The number of pyridine rings is 1. The van der Waals surface area contributed by atoms with E-state index in [2.05, 4.69) is 10.3 Å². The molecule has 52 valence electrons. The lowest BCUT2D eigenvalue weighted by molar-refractivity contribution is 0.274. The lowest BCUT2D eigenvalue weighted by Crippen LogP contribution is -2.13. The number of fused-ring (bicyclic) bond motifs is 1. The molecule has 1 aliphatic rings. The van der Waals surface area contributed by atoms with Crippen LogP contribution in [0.5, 0.6) is 5.75 Å². The Kier molecular flexibility index (Phi) is 1.03. The van der Waals surface area contributed by atoms with Gasteiger partial charge in [-0.15, -0.1) is 0 Å². The molecule has 0 amide bonds. The zero-order valence-electron chi connectivity index (χ0n) is 5.66. The quantitative estimate of drug-likeness (QED) is 0.582. The third kappa shape index (κ3) is 0.708. The summed E-state index contributed by atoms with van der Waals surface area (Å²) in [5.41, 5.74) is 1.03. The minimum Gasteiger partial charge on any atom is -0.467 e. The SMILES string of the molecule is C[C@@H]1Nc2ccncc2O1. The van der Waals surface area contributed by atoms with E-state index in [4.69, 9.17) is 4.74 Å². The standard InChI is InChI=1S/C7H8N2O/c1-5-9-6-2-3-8-4-7(6)10-5/h2-5,9H,1H3/t5-/m1/s1. The average molecular weight is 136 g/mol. The van der Waals surface area contributed by atoms with Gasteiger partial charge < -0.3 is 10.1 Å². The van der Waals surface area contributed by atoms with E-state index in [1.807, 2.05) is 13.0 Å². The first-order valence-corrected chi connectivity index (χ1v) is 3.23. The Hall–Kier alpha value is -1.25. The number of ether oxygens (including phenoxy) is 1. The van der Waals surface area contributed by atoms with Gasteiger partial charge >= 0.3 is 0 Å². The van der Waals surface area contributed by atoms with E-state index in [1.165, 1.54) is 0 Å². The third-order valence-corrected chi connectivity index (χ3v) is 1.45. The first-order valence-electron chi connectivity index (χ1n) is 3.23. The van der Waals surface area contributed by atoms with E-state index in [-0.39, 0.29) is 6.23 Å². The van der Waals surface area contributed by atoms with Crippen molar-refractivity contribution in [3.8, 4) is 5.75 Å². The van der Waals surface area contributed by atoms with Gasteiger partial charge in [-0.2, -0.15) is 0 Å². The van der Waals surface area contributed by atoms with Crippen molar-refractivity contribution >= 4 is 5.69 Å². The Morgan fingerprint density at radius 2 is 2.60 bits per heavy atom. The predicted octanol–water partition coefficient (Wildman–Crippen LogP) is 1.23. The number of aromatic nitrogens is 1. The highest BCUT2D eigenvalue weighted by Gasteiger charge is 2.15. The molecule has 0 bridgehead atoms. The summed E-state index contributed by atoms with van der Waals surface area (Å²) in [6.07, 6.45) is 3.54. The van der Waals surface area contributed by atoms with Crippen molar-refractivity contribution in [1.29, 1.82) is 0 Å². The lowest BCUT2D eigenvalue weighted by atomic mass is 10.4. The van der Waals surface area contributed by atoms with E-state index in [1.54, 1.807) is 12.4 Å². The van der Waals surface area contributed by atoms with Gasteiger partial charge in [0.1, 0.15) is 0 Å². The second-order valence-electron chi connectivity index (χ2n) is 2.28. The molecule has 10 heavy (non-hydrogen) atoms. The van der Waals surface area contributed by atoms with Crippen LogP contribution in [0.3, 0.4) is 0 Å². The van der Waals surface area contributed by atoms with E-state index in [0.717, 1.165) is 11.4 Å². The summed E-state index contributed by atoms with van der Waals surface area (Å²) < 4.78 is 5.33. The molecule has 2 heterocycles. The molecule has 0 fully saturated rings. The molecule has 3 heteroatoms. The van der Waals surface area contributed by atoms with Crippen LogP contribution in [0.4, 0.5) is 5.69 Å². The molecule has 0 saturated heterocycles. The van der Waals surface area contributed by atoms with Crippen molar-refractivity contribution in [2.45, 2.75) is 13.2 Å². The zero-order valence-corrected chi connectivity index (χ0v) is 5.66. The number of hydrogen-bond donors (Lipinski definition) is 1. The van der Waals surface area contributed by atoms with Crippen LogP contribution >= 0.6 is 0 Å². The number of rotatable bonds is 0. The van der Waals surface area contributed by atoms with Crippen LogP contribution in [0.15, 0.2) is 18.5 Å². The van der Waals surface area contributed by atoms with Crippen LogP contribution in [-0.4, -0.2) is 11.2 Å². The predicted molar refractivity (Wildman–Crippen MR) is 37.9 cm³/mol. The second-order valence-corrected chi connectivity index (χ2v) is 2.28. The van der Waals surface area contributed by atoms with Crippen molar-refractivity contribution in [1.82, 2.24) is 4.98 Å². The fourth-order valence-corrected chi connectivity index (χ4v) is 1.03. The summed E-state index contributed by atoms with van der Waals surface area (Å²) in [6.45, 7) is 1.96. The molecule has 0 saturated carbocycles. The summed E-state index contributed by atoms with van der Waals surface area (Å²) in [7, 11) is 0. The highest BCUT2D eigenvalue weighted by Crippen LogP contribution is 2.29. The maximum absolute atomic E-state index is 5.33. The summed E-state index contributed by atoms with van der Waals surface area (Å²) in [6, 6.07) is 1.90. The number of hydrogen-bond acceptors (Lipinski definition) is 3. The van der Waals surface area contributed by atoms with E-state index >= 15 is 0 Å². The van der Waals surface area contributed by atoms with E-state index in [0.29, 0.717) is 0 Å². The molecule has 2 rings (SSSR count). The van der Waals surface area contributed by atoms with Crippen LogP contribution in [0.1, 0.15) is 6.92 Å². The molecule has 1 aliphatic heterocycles. The lowest BCUT2D eigenvalue weighted by Gasteiger charge is -2.00. The Morgan fingerprint density at radius 3 is 3.40 bits per heavy atom. The Morgan fingerprint density at radius 1 is 1.70 bits per heavy atom. The molecule has 1 aromatic heterocycles. The summed E-state index contributed by atoms with van der Waals surface area (Å²) >= 11 is 0. The highest BCUT2D eigenvalue weighted by molar-refractivity contribution is 5.57. The van der Waals surface area contributed by atoms with Gasteiger partial charge in [0.2, 0.25) is 0 Å². The molecular formula is C7H8N2O. The maximum Gasteiger partial charge on any atom is 0.167 e. The summed E-state index contributed by atoms with van der Waals surface area (Å²) in [5.74, 6) is 0.843. The van der Waals surface area contributed by atoms with Crippen molar-refractivity contribution in [3.05, 3.63) is 18.5 Å². The summed E-state index contributed by atoms with van der Waals surface area (Å²) in [4.78, 5) is 3.93. The van der Waals surface area contributed by atoms with Gasteiger partial charge in [0.15, 0.2) is 12.0 Å². The molecule has 0 radical (unpaired) electrons. The van der Waals surface area contributed by atoms with Crippen molar-refractivity contribution in [2.75, 3.05) is 5.32 Å². The van der Waals surface area contributed by atoms with Crippen molar-refractivity contribution in [2.24, 2.45) is 0 Å². The molecule has 3 nitrogen and oxygen atoms in total. The van der Waals surface area contributed by atoms with Crippen LogP contribution < -0.4 is 10.1 Å². The van der Waals surface area contributed by atoms with Crippen LogP contribution in [0.2, 0.25) is 0 Å². The molecular weight excluding hydrogens is 128 g/mol. The first-order chi connectivity index (χ1) is 4.86. The largest absolute Gasteiger partial charge is 0.467 e. The molecule has 0 aromatic carbocycles. The van der Waals surface area contributed by atoms with Crippen LogP contribution in [0.25, 0.3) is 0 Å². The molecule has 1 aromatic rings. The minimum atomic E-state index is 0.0826. The minimum absolute atomic E-state index is 0.0826. The Balaban J connectivity index is 2.42. The smallest absolute Gasteiger partial charge is 0.167 e. The number of nitrogens with zero attached hydrogens (tertiary/aromatic N) is 1. The highest BCUT2D eigenvalue weighted by atomic mass is 16.5. The van der Waals surface area contributed by atoms with Gasteiger partial charge in [-0.1, -0.05) is 0 Å². The van der Waals surface area contributed by atoms with Gasteiger partial charge in [0, 0.05) is 6.20 Å². The van der Waals surface area contributed by atoms with Crippen LogP contribution in [0, 0.1) is 0 Å². The van der Waals surface area contributed by atoms with Gasteiger partial charge in [-0.25, -0.2) is 0 Å². The molecule has 1 N–H and O–H groups in total. The van der Waals surface area contributed by atoms with Gasteiger partial charge in [0.25, 0.3) is 0 Å².